The van der Waals surface area contributed by atoms with Gasteiger partial charge in [0.15, 0.2) is 0 Å². The van der Waals surface area contributed by atoms with E-state index in [4.69, 9.17) is 4.52 Å². The van der Waals surface area contributed by atoms with Gasteiger partial charge in [0, 0.05) is 16.6 Å². The monoisotopic (exact) mass is 371 g/mol. The zero-order valence-electron chi connectivity index (χ0n) is 13.2. The Bertz CT molecular complexity index is 800. The van der Waals surface area contributed by atoms with Crippen molar-refractivity contribution in [3.63, 3.8) is 0 Å². The zero-order valence-corrected chi connectivity index (χ0v) is 14.7. The molecule has 5 heteroatoms. The third kappa shape index (κ3) is 4.06. The van der Waals surface area contributed by atoms with Crippen LogP contribution in [0, 0.1) is 6.92 Å². The molecule has 0 spiro atoms. The highest BCUT2D eigenvalue weighted by Gasteiger charge is 2.11. The lowest BCUT2D eigenvalue weighted by Gasteiger charge is -2.15. The molecule has 3 rings (SSSR count). The maximum absolute atomic E-state index is 5.38. The van der Waals surface area contributed by atoms with Gasteiger partial charge in [0.05, 0.1) is 6.54 Å². The molecule has 0 aliphatic heterocycles. The van der Waals surface area contributed by atoms with Crippen molar-refractivity contribution < 1.29 is 4.52 Å². The fourth-order valence-corrected chi connectivity index (χ4v) is 2.83. The predicted molar refractivity (Wildman–Crippen MR) is 93.8 cm³/mol. The van der Waals surface area contributed by atoms with Crippen LogP contribution in [0.5, 0.6) is 0 Å². The molecule has 0 fully saturated rings. The molecule has 2 aromatic carbocycles. The maximum atomic E-state index is 5.38. The average molecular weight is 372 g/mol. The molecule has 23 heavy (non-hydrogen) atoms. The van der Waals surface area contributed by atoms with Crippen LogP contribution >= 0.6 is 15.9 Å². The highest BCUT2D eigenvalue weighted by Crippen LogP contribution is 2.20. The van der Waals surface area contributed by atoms with Crippen molar-refractivity contribution in [2.24, 2.45) is 0 Å². The smallest absolute Gasteiger partial charge is 0.241 e. The molecule has 0 atom stereocenters. The number of hydrogen-bond acceptors (Lipinski definition) is 4. The summed E-state index contributed by atoms with van der Waals surface area (Å²) in [6.07, 6.45) is 0. The van der Waals surface area contributed by atoms with Gasteiger partial charge in [-0.15, -0.1) is 0 Å². The highest BCUT2D eigenvalue weighted by molar-refractivity contribution is 9.10. The molecular weight excluding hydrogens is 354 g/mol. The Balaban J connectivity index is 1.68. The molecule has 0 radical (unpaired) electrons. The average Bonchev–Trinajstić information content (AvgIpc) is 2.98. The minimum atomic E-state index is 0.616. The Hall–Kier alpha value is -1.98. The molecule has 0 aliphatic carbocycles. The summed E-state index contributed by atoms with van der Waals surface area (Å²) >= 11 is 3.46. The van der Waals surface area contributed by atoms with Crippen LogP contribution in [0.2, 0.25) is 0 Å². The molecule has 0 saturated carbocycles. The van der Waals surface area contributed by atoms with Crippen molar-refractivity contribution in [1.82, 2.24) is 15.0 Å². The Morgan fingerprint density at radius 1 is 1.09 bits per heavy atom. The van der Waals surface area contributed by atoms with Crippen molar-refractivity contribution >= 4 is 15.9 Å². The van der Waals surface area contributed by atoms with Gasteiger partial charge in [-0.2, -0.15) is 4.98 Å². The van der Waals surface area contributed by atoms with E-state index in [-0.39, 0.29) is 0 Å². The molecule has 0 amide bonds. The SMILES string of the molecule is Cc1ccccc1CN(C)Cc1nc(-c2cccc(Br)c2)no1. The van der Waals surface area contributed by atoms with Gasteiger partial charge < -0.3 is 4.52 Å². The van der Waals surface area contributed by atoms with Gasteiger partial charge in [-0.05, 0) is 37.2 Å². The molecule has 0 saturated heterocycles. The molecule has 4 nitrogen and oxygen atoms in total. The Morgan fingerprint density at radius 2 is 1.91 bits per heavy atom. The number of aryl methyl sites for hydroxylation is 1. The van der Waals surface area contributed by atoms with Gasteiger partial charge in [-0.3, -0.25) is 4.90 Å². The number of nitrogens with zero attached hydrogens (tertiary/aromatic N) is 3. The van der Waals surface area contributed by atoms with Gasteiger partial charge in [0.1, 0.15) is 0 Å². The quantitative estimate of drug-likeness (QED) is 0.664. The van der Waals surface area contributed by atoms with Crippen LogP contribution in [0.3, 0.4) is 0 Å². The second-order valence-corrected chi connectivity index (χ2v) is 6.54. The topological polar surface area (TPSA) is 42.2 Å². The summed E-state index contributed by atoms with van der Waals surface area (Å²) in [6.45, 7) is 3.60. The molecule has 0 bridgehead atoms. The summed E-state index contributed by atoms with van der Waals surface area (Å²) in [5.74, 6) is 1.24. The lowest BCUT2D eigenvalue weighted by Crippen LogP contribution is -2.18. The van der Waals surface area contributed by atoms with E-state index < -0.39 is 0 Å². The van der Waals surface area contributed by atoms with E-state index in [1.807, 2.05) is 24.3 Å². The number of halogens is 1. The van der Waals surface area contributed by atoms with E-state index in [0.717, 1.165) is 16.6 Å². The van der Waals surface area contributed by atoms with Crippen LogP contribution in [0.1, 0.15) is 17.0 Å². The van der Waals surface area contributed by atoms with Crippen molar-refractivity contribution in [1.29, 1.82) is 0 Å². The standard InChI is InChI=1S/C18H18BrN3O/c1-13-6-3-4-7-15(13)11-22(2)12-17-20-18(21-23-17)14-8-5-9-16(19)10-14/h3-10H,11-12H2,1-2H3. The third-order valence-corrected chi connectivity index (χ3v) is 4.15. The van der Waals surface area contributed by atoms with E-state index in [9.17, 15) is 0 Å². The summed E-state index contributed by atoms with van der Waals surface area (Å²) in [5.41, 5.74) is 3.54. The van der Waals surface area contributed by atoms with E-state index in [0.29, 0.717) is 18.3 Å². The van der Waals surface area contributed by atoms with Crippen molar-refractivity contribution in [3.8, 4) is 11.4 Å². The molecule has 118 valence electrons. The summed E-state index contributed by atoms with van der Waals surface area (Å²) < 4.78 is 6.38. The fraction of sp³-hybridized carbons (Fsp3) is 0.222. The van der Waals surface area contributed by atoms with Crippen LogP contribution in [-0.2, 0) is 13.1 Å². The largest absolute Gasteiger partial charge is 0.338 e. The predicted octanol–water partition coefficient (Wildman–Crippen LogP) is 4.44. The van der Waals surface area contributed by atoms with Gasteiger partial charge in [-0.1, -0.05) is 57.5 Å². The second kappa shape index (κ2) is 7.06. The summed E-state index contributed by atoms with van der Waals surface area (Å²) in [7, 11) is 2.05. The zero-order chi connectivity index (χ0) is 16.2. The van der Waals surface area contributed by atoms with Gasteiger partial charge in [0.2, 0.25) is 11.7 Å². The van der Waals surface area contributed by atoms with E-state index >= 15 is 0 Å². The fourth-order valence-electron chi connectivity index (χ4n) is 2.43. The lowest BCUT2D eigenvalue weighted by molar-refractivity contribution is 0.260. The Kier molecular flexibility index (Phi) is 4.88. The van der Waals surface area contributed by atoms with E-state index in [2.05, 4.69) is 69.2 Å². The van der Waals surface area contributed by atoms with Gasteiger partial charge >= 0.3 is 0 Å². The third-order valence-electron chi connectivity index (χ3n) is 3.66. The van der Waals surface area contributed by atoms with Crippen molar-refractivity contribution in [3.05, 3.63) is 70.0 Å². The molecule has 1 aromatic heterocycles. The molecule has 1 heterocycles. The summed E-state index contributed by atoms with van der Waals surface area (Å²) in [6, 6.07) is 16.3. The van der Waals surface area contributed by atoms with E-state index in [1.165, 1.54) is 11.1 Å². The normalized spacial score (nSPS) is 11.1. The van der Waals surface area contributed by atoms with Crippen LogP contribution in [-0.4, -0.2) is 22.1 Å². The number of hydrogen-bond donors (Lipinski definition) is 0. The molecular formula is C18H18BrN3O. The van der Waals surface area contributed by atoms with Crippen LogP contribution in [0.25, 0.3) is 11.4 Å². The van der Waals surface area contributed by atoms with Crippen LogP contribution < -0.4 is 0 Å². The lowest BCUT2D eigenvalue weighted by atomic mass is 10.1. The van der Waals surface area contributed by atoms with Crippen molar-refractivity contribution in [2.45, 2.75) is 20.0 Å². The molecule has 0 unspecified atom stereocenters. The first kappa shape index (κ1) is 15.9. The summed E-state index contributed by atoms with van der Waals surface area (Å²) in [5, 5.41) is 4.07. The number of aromatic nitrogens is 2. The minimum Gasteiger partial charge on any atom is -0.338 e. The number of benzene rings is 2. The Labute approximate surface area is 144 Å². The van der Waals surface area contributed by atoms with Gasteiger partial charge in [0.25, 0.3) is 0 Å². The van der Waals surface area contributed by atoms with Gasteiger partial charge in [-0.25, -0.2) is 0 Å². The first-order valence-corrected chi connectivity index (χ1v) is 8.22. The molecule has 3 aromatic rings. The summed E-state index contributed by atoms with van der Waals surface area (Å²) in [4.78, 5) is 6.65. The molecule has 0 N–H and O–H groups in total. The maximum Gasteiger partial charge on any atom is 0.241 e. The first-order valence-electron chi connectivity index (χ1n) is 7.43. The molecule has 0 aliphatic rings. The van der Waals surface area contributed by atoms with E-state index in [1.54, 1.807) is 0 Å². The van der Waals surface area contributed by atoms with Crippen LogP contribution in [0.4, 0.5) is 0 Å². The van der Waals surface area contributed by atoms with Crippen LogP contribution in [0.15, 0.2) is 57.5 Å². The number of rotatable bonds is 5. The second-order valence-electron chi connectivity index (χ2n) is 5.62. The Morgan fingerprint density at radius 3 is 2.70 bits per heavy atom. The highest BCUT2D eigenvalue weighted by atomic mass is 79.9. The van der Waals surface area contributed by atoms with Crippen molar-refractivity contribution in [2.75, 3.05) is 7.05 Å². The minimum absolute atomic E-state index is 0.616. The first-order chi connectivity index (χ1) is 11.1.